The minimum atomic E-state index is -0.657. The van der Waals surface area contributed by atoms with E-state index in [4.69, 9.17) is 0 Å². The van der Waals surface area contributed by atoms with Crippen LogP contribution in [-0.2, 0) is 9.47 Å². The zero-order valence-electron chi connectivity index (χ0n) is 22.0. The van der Waals surface area contributed by atoms with E-state index in [1.807, 2.05) is 0 Å². The van der Waals surface area contributed by atoms with Crippen LogP contribution in [0.5, 0.6) is 0 Å². The SMILES string of the molecule is CCCCCCCCN(CCCCCCCC)CCCCCCCC.COC(=O)OC. The first-order valence-corrected chi connectivity index (χ1v) is 13.5. The van der Waals surface area contributed by atoms with Crippen LogP contribution in [0, 0.1) is 0 Å². The summed E-state index contributed by atoms with van der Waals surface area (Å²) < 4.78 is 8.08. The molecule has 0 aromatic carbocycles. The molecule has 0 spiro atoms. The Labute approximate surface area is 195 Å². The maximum atomic E-state index is 9.74. The molecule has 188 valence electrons. The molecule has 4 nitrogen and oxygen atoms in total. The Morgan fingerprint density at radius 2 is 0.742 bits per heavy atom. The van der Waals surface area contributed by atoms with Crippen molar-refractivity contribution in [1.29, 1.82) is 0 Å². The number of ether oxygens (including phenoxy) is 2. The Morgan fingerprint density at radius 3 is 0.968 bits per heavy atom. The average molecular weight is 444 g/mol. The highest BCUT2D eigenvalue weighted by atomic mass is 16.7. The summed E-state index contributed by atoms with van der Waals surface area (Å²) in [6.07, 6.45) is 25.1. The molecule has 0 rings (SSSR count). The molecule has 0 atom stereocenters. The summed E-state index contributed by atoms with van der Waals surface area (Å²) in [6.45, 7) is 11.0. The monoisotopic (exact) mass is 443 g/mol. The highest BCUT2D eigenvalue weighted by Gasteiger charge is 2.05. The fourth-order valence-electron chi connectivity index (χ4n) is 3.77. The first kappa shape index (κ1) is 32.4. The topological polar surface area (TPSA) is 38.8 Å². The summed E-state index contributed by atoms with van der Waals surface area (Å²) in [5.41, 5.74) is 0. The van der Waals surface area contributed by atoms with E-state index in [0.29, 0.717) is 0 Å². The van der Waals surface area contributed by atoms with Gasteiger partial charge in [-0.3, -0.25) is 0 Å². The number of hydrogen-bond acceptors (Lipinski definition) is 4. The minimum absolute atomic E-state index is 0.657. The van der Waals surface area contributed by atoms with Gasteiger partial charge in [-0.2, -0.15) is 0 Å². The van der Waals surface area contributed by atoms with Crippen LogP contribution in [0.15, 0.2) is 0 Å². The molecule has 0 radical (unpaired) electrons. The number of nitrogens with zero attached hydrogens (tertiary/aromatic N) is 1. The Bertz CT molecular complexity index is 292. The lowest BCUT2D eigenvalue weighted by Crippen LogP contribution is -2.27. The molecule has 0 aliphatic carbocycles. The van der Waals surface area contributed by atoms with Crippen molar-refractivity contribution < 1.29 is 14.3 Å². The van der Waals surface area contributed by atoms with Crippen LogP contribution < -0.4 is 0 Å². The van der Waals surface area contributed by atoms with E-state index in [0.717, 1.165) is 0 Å². The normalized spacial score (nSPS) is 10.6. The first-order chi connectivity index (χ1) is 15.2. The second-order valence-corrected chi connectivity index (χ2v) is 8.80. The second-order valence-electron chi connectivity index (χ2n) is 8.80. The van der Waals surface area contributed by atoms with Gasteiger partial charge in [0, 0.05) is 0 Å². The van der Waals surface area contributed by atoms with Gasteiger partial charge in [0.05, 0.1) is 14.2 Å². The van der Waals surface area contributed by atoms with Crippen LogP contribution in [0.4, 0.5) is 4.79 Å². The van der Waals surface area contributed by atoms with Crippen molar-refractivity contribution in [2.45, 2.75) is 136 Å². The third-order valence-corrected chi connectivity index (χ3v) is 5.82. The lowest BCUT2D eigenvalue weighted by Gasteiger charge is -2.22. The maximum absolute atomic E-state index is 9.74. The standard InChI is InChI=1S/C24H51N.C3H6O3/c1-4-7-10-13-16-19-22-25(23-20-17-14-11-8-5-2)24-21-18-15-12-9-6-3;1-5-3(4)6-2/h4-24H2,1-3H3;1-2H3. The van der Waals surface area contributed by atoms with Crippen molar-refractivity contribution in [1.82, 2.24) is 4.90 Å². The highest BCUT2D eigenvalue weighted by Crippen LogP contribution is 2.11. The zero-order valence-corrected chi connectivity index (χ0v) is 22.0. The Morgan fingerprint density at radius 1 is 0.484 bits per heavy atom. The first-order valence-electron chi connectivity index (χ1n) is 13.5. The molecule has 0 aliphatic heterocycles. The van der Waals surface area contributed by atoms with Gasteiger partial charge >= 0.3 is 6.16 Å². The van der Waals surface area contributed by atoms with E-state index >= 15 is 0 Å². The Balaban J connectivity index is 0. The van der Waals surface area contributed by atoms with Crippen LogP contribution >= 0.6 is 0 Å². The molecule has 0 saturated carbocycles. The molecule has 0 aliphatic rings. The van der Waals surface area contributed by atoms with Crippen molar-refractivity contribution in [2.75, 3.05) is 33.9 Å². The van der Waals surface area contributed by atoms with Crippen molar-refractivity contribution in [3.8, 4) is 0 Å². The van der Waals surface area contributed by atoms with E-state index in [1.165, 1.54) is 149 Å². The van der Waals surface area contributed by atoms with Gasteiger partial charge in [0.1, 0.15) is 0 Å². The van der Waals surface area contributed by atoms with Crippen LogP contribution in [0.1, 0.15) is 136 Å². The lowest BCUT2D eigenvalue weighted by atomic mass is 10.1. The van der Waals surface area contributed by atoms with Gasteiger partial charge in [-0.25, -0.2) is 4.79 Å². The summed E-state index contributed by atoms with van der Waals surface area (Å²) >= 11 is 0. The Hall–Kier alpha value is -0.770. The summed E-state index contributed by atoms with van der Waals surface area (Å²) in [4.78, 5) is 12.5. The third-order valence-electron chi connectivity index (χ3n) is 5.82. The Kier molecular flexibility index (Phi) is 30.6. The minimum Gasteiger partial charge on any atom is -0.438 e. The molecular formula is C27H57NO3. The number of methoxy groups -OCH3 is 2. The van der Waals surface area contributed by atoms with Crippen LogP contribution in [0.3, 0.4) is 0 Å². The lowest BCUT2D eigenvalue weighted by molar-refractivity contribution is 0.0924. The fourth-order valence-corrected chi connectivity index (χ4v) is 3.77. The third kappa shape index (κ3) is 29.2. The highest BCUT2D eigenvalue weighted by molar-refractivity contribution is 5.59. The van der Waals surface area contributed by atoms with Crippen molar-refractivity contribution in [3.05, 3.63) is 0 Å². The number of rotatable bonds is 21. The molecule has 0 heterocycles. The number of carbonyl (C=O) groups excluding carboxylic acids is 1. The molecular weight excluding hydrogens is 386 g/mol. The van der Waals surface area contributed by atoms with Gasteiger partial charge in [0.2, 0.25) is 0 Å². The molecule has 4 heteroatoms. The van der Waals surface area contributed by atoms with E-state index < -0.39 is 6.16 Å². The van der Waals surface area contributed by atoms with Gasteiger partial charge in [-0.05, 0) is 38.9 Å². The average Bonchev–Trinajstić information content (AvgIpc) is 2.79. The van der Waals surface area contributed by atoms with Gasteiger partial charge in [0.15, 0.2) is 0 Å². The second kappa shape index (κ2) is 29.2. The van der Waals surface area contributed by atoms with Crippen molar-refractivity contribution in [2.24, 2.45) is 0 Å². The number of carbonyl (C=O) groups is 1. The quantitative estimate of drug-likeness (QED) is 0.131. The predicted octanol–water partition coefficient (Wildman–Crippen LogP) is 8.77. The zero-order chi connectivity index (χ0) is 23.4. The number of hydrogen-bond donors (Lipinski definition) is 0. The molecule has 0 bridgehead atoms. The van der Waals surface area contributed by atoms with Crippen LogP contribution in [0.25, 0.3) is 0 Å². The molecule has 0 saturated heterocycles. The molecule has 0 unspecified atom stereocenters. The van der Waals surface area contributed by atoms with Crippen LogP contribution in [-0.4, -0.2) is 44.9 Å². The maximum Gasteiger partial charge on any atom is 0.507 e. The molecule has 0 aromatic rings. The smallest absolute Gasteiger partial charge is 0.438 e. The predicted molar refractivity (Wildman–Crippen MR) is 136 cm³/mol. The van der Waals surface area contributed by atoms with E-state index in [2.05, 4.69) is 35.1 Å². The largest absolute Gasteiger partial charge is 0.507 e. The van der Waals surface area contributed by atoms with E-state index in [1.54, 1.807) is 0 Å². The van der Waals surface area contributed by atoms with Gasteiger partial charge in [0.25, 0.3) is 0 Å². The molecule has 0 fully saturated rings. The summed E-state index contributed by atoms with van der Waals surface area (Å²) in [5, 5.41) is 0. The fraction of sp³-hybridized carbons (Fsp3) is 0.963. The van der Waals surface area contributed by atoms with Gasteiger partial charge in [-0.15, -0.1) is 0 Å². The van der Waals surface area contributed by atoms with Crippen molar-refractivity contribution in [3.63, 3.8) is 0 Å². The van der Waals surface area contributed by atoms with E-state index in [9.17, 15) is 4.79 Å². The summed E-state index contributed by atoms with van der Waals surface area (Å²) in [6, 6.07) is 0. The van der Waals surface area contributed by atoms with Gasteiger partial charge in [-0.1, -0.05) is 117 Å². The molecule has 31 heavy (non-hydrogen) atoms. The summed E-state index contributed by atoms with van der Waals surface area (Å²) in [5.74, 6) is 0. The van der Waals surface area contributed by atoms with E-state index in [-0.39, 0.29) is 0 Å². The van der Waals surface area contributed by atoms with Gasteiger partial charge < -0.3 is 14.4 Å². The summed E-state index contributed by atoms with van der Waals surface area (Å²) in [7, 11) is 2.51. The molecule has 0 amide bonds. The molecule has 0 N–H and O–H groups in total. The number of unbranched alkanes of at least 4 members (excludes halogenated alkanes) is 15. The molecule has 0 aromatic heterocycles. The van der Waals surface area contributed by atoms with Crippen molar-refractivity contribution >= 4 is 6.16 Å². The van der Waals surface area contributed by atoms with Crippen LogP contribution in [0.2, 0.25) is 0 Å².